The van der Waals surface area contributed by atoms with Crippen LogP contribution in [0.2, 0.25) is 0 Å². The van der Waals surface area contributed by atoms with E-state index in [9.17, 15) is 14.4 Å². The molecule has 3 aliphatic heterocycles. The van der Waals surface area contributed by atoms with Gasteiger partial charge in [-0.25, -0.2) is 0 Å². The highest BCUT2D eigenvalue weighted by molar-refractivity contribution is 6.00. The van der Waals surface area contributed by atoms with E-state index in [0.29, 0.717) is 0 Å². The molecule has 2 saturated heterocycles. The first-order valence-corrected chi connectivity index (χ1v) is 9.16. The highest BCUT2D eigenvalue weighted by Gasteiger charge is 2.72. The Labute approximate surface area is 152 Å². The monoisotopic (exact) mass is 357 g/mol. The maximum absolute atomic E-state index is 13.1. The van der Waals surface area contributed by atoms with Gasteiger partial charge >= 0.3 is 0 Å². The smallest absolute Gasteiger partial charge is 0.246 e. The van der Waals surface area contributed by atoms with Gasteiger partial charge < -0.3 is 20.3 Å². The van der Waals surface area contributed by atoms with Gasteiger partial charge in [-0.05, 0) is 12.8 Å². The number of fused-ring (bicyclic) bond motifs is 1. The summed E-state index contributed by atoms with van der Waals surface area (Å²) >= 11 is 0. The molecule has 4 rings (SSSR count). The third-order valence-electron chi connectivity index (χ3n) is 6.13. The molecule has 0 unspecified atom stereocenters. The van der Waals surface area contributed by atoms with Crippen molar-refractivity contribution in [1.29, 1.82) is 0 Å². The minimum Gasteiger partial charge on any atom is -0.359 e. The average molecular weight is 357 g/mol. The molecule has 1 spiro atoms. The number of amides is 3. The zero-order valence-electron chi connectivity index (χ0n) is 14.7. The zero-order valence-corrected chi connectivity index (χ0v) is 14.7. The fourth-order valence-electron chi connectivity index (χ4n) is 5.05. The summed E-state index contributed by atoms with van der Waals surface area (Å²) in [6.45, 7) is 0.0160. The van der Waals surface area contributed by atoms with Gasteiger partial charge in [0.2, 0.25) is 17.7 Å². The molecule has 0 radical (unpaired) electrons. The van der Waals surface area contributed by atoms with E-state index in [2.05, 4.69) is 16.6 Å². The maximum atomic E-state index is 13.1. The van der Waals surface area contributed by atoms with Gasteiger partial charge in [-0.15, -0.1) is 6.42 Å². The van der Waals surface area contributed by atoms with Crippen molar-refractivity contribution in [2.24, 2.45) is 11.8 Å². The highest BCUT2D eigenvalue weighted by Crippen LogP contribution is 2.54. The molecule has 26 heavy (non-hydrogen) atoms. The molecule has 138 valence electrons. The minimum atomic E-state index is -1.11. The van der Waals surface area contributed by atoms with Crippen LogP contribution in [0.5, 0.6) is 0 Å². The summed E-state index contributed by atoms with van der Waals surface area (Å²) in [5.74, 6) is 0.332. The van der Waals surface area contributed by atoms with Gasteiger partial charge in [-0.2, -0.15) is 0 Å². The summed E-state index contributed by atoms with van der Waals surface area (Å²) in [5.41, 5.74) is -1.11. The van der Waals surface area contributed by atoms with Crippen molar-refractivity contribution in [2.75, 3.05) is 13.6 Å². The molecular formula is C19H23N3O4. The van der Waals surface area contributed by atoms with E-state index in [1.165, 1.54) is 11.9 Å². The molecule has 0 aromatic heterocycles. The van der Waals surface area contributed by atoms with E-state index in [1.807, 2.05) is 0 Å². The fourth-order valence-corrected chi connectivity index (χ4v) is 5.05. The van der Waals surface area contributed by atoms with E-state index in [1.54, 1.807) is 12.2 Å². The van der Waals surface area contributed by atoms with Crippen molar-refractivity contribution in [3.05, 3.63) is 12.2 Å². The summed E-state index contributed by atoms with van der Waals surface area (Å²) in [5, 5.41) is 5.67. The van der Waals surface area contributed by atoms with E-state index in [0.717, 1.165) is 25.7 Å². The molecule has 5 atom stereocenters. The van der Waals surface area contributed by atoms with Gasteiger partial charge in [0.15, 0.2) is 0 Å². The van der Waals surface area contributed by atoms with Crippen LogP contribution < -0.4 is 10.6 Å². The number of rotatable bonds is 4. The molecule has 3 fully saturated rings. The maximum Gasteiger partial charge on any atom is 0.246 e. The van der Waals surface area contributed by atoms with Crippen molar-refractivity contribution in [2.45, 2.75) is 49.5 Å². The Kier molecular flexibility index (Phi) is 4.03. The predicted octanol–water partition coefficient (Wildman–Crippen LogP) is -0.425. The third kappa shape index (κ3) is 2.21. The first kappa shape index (κ1) is 17.1. The normalized spacial score (nSPS) is 37.7. The number of terminal acetylenes is 1. The summed E-state index contributed by atoms with van der Waals surface area (Å²) in [4.78, 5) is 40.0. The second-order valence-corrected chi connectivity index (χ2v) is 7.48. The number of nitrogens with one attached hydrogen (secondary N) is 2. The van der Waals surface area contributed by atoms with Crippen molar-refractivity contribution in [3.63, 3.8) is 0 Å². The van der Waals surface area contributed by atoms with Crippen molar-refractivity contribution < 1.29 is 19.1 Å². The lowest BCUT2D eigenvalue weighted by Gasteiger charge is -2.32. The number of nitrogens with zero attached hydrogens (tertiary/aromatic N) is 1. The van der Waals surface area contributed by atoms with E-state index >= 15 is 0 Å². The number of likely N-dealkylation sites (tertiary alicyclic amines) is 1. The molecule has 4 aliphatic rings. The molecule has 0 aromatic carbocycles. The van der Waals surface area contributed by atoms with Gasteiger partial charge in [0.25, 0.3) is 0 Å². The number of hydrogen-bond acceptors (Lipinski definition) is 4. The van der Waals surface area contributed by atoms with Crippen LogP contribution in [0.1, 0.15) is 25.7 Å². The molecule has 7 nitrogen and oxygen atoms in total. The summed E-state index contributed by atoms with van der Waals surface area (Å²) in [6, 6.07) is -0.717. The average Bonchev–Trinajstić information content (AvgIpc) is 3.37. The Morgan fingerprint density at radius 3 is 2.77 bits per heavy atom. The fraction of sp³-hybridized carbons (Fsp3) is 0.632. The van der Waals surface area contributed by atoms with Gasteiger partial charge in [0, 0.05) is 13.1 Å². The first-order valence-electron chi connectivity index (χ1n) is 9.16. The van der Waals surface area contributed by atoms with Crippen LogP contribution in [-0.4, -0.2) is 60.0 Å². The molecule has 1 aliphatic carbocycles. The molecule has 7 heteroatoms. The number of ether oxygens (including phenoxy) is 1. The summed E-state index contributed by atoms with van der Waals surface area (Å²) in [6.07, 6.45) is 12.6. The Bertz CT molecular complexity index is 721. The lowest BCUT2D eigenvalue weighted by Crippen LogP contribution is -2.56. The molecule has 1 saturated carbocycles. The third-order valence-corrected chi connectivity index (χ3v) is 6.13. The quantitative estimate of drug-likeness (QED) is 0.528. The van der Waals surface area contributed by atoms with Crippen LogP contribution in [0.25, 0.3) is 0 Å². The second-order valence-electron chi connectivity index (χ2n) is 7.48. The van der Waals surface area contributed by atoms with Crippen LogP contribution in [0.3, 0.4) is 0 Å². The Balaban J connectivity index is 1.69. The van der Waals surface area contributed by atoms with Crippen LogP contribution >= 0.6 is 0 Å². The van der Waals surface area contributed by atoms with E-state index in [-0.39, 0.29) is 30.3 Å². The molecular weight excluding hydrogens is 334 g/mol. The molecule has 0 aromatic rings. The summed E-state index contributed by atoms with van der Waals surface area (Å²) in [7, 11) is 1.54. The SMILES string of the molecule is C#CCN1C(=O)[C@@H]2[C@H](C(=O)NC)[C@H]3C=C[C@@]2(O3)[C@@H]1C(=O)NC1CCCC1. The minimum absolute atomic E-state index is 0.0160. The predicted molar refractivity (Wildman–Crippen MR) is 92.5 cm³/mol. The molecule has 3 heterocycles. The van der Waals surface area contributed by atoms with Crippen molar-refractivity contribution >= 4 is 17.7 Å². The zero-order chi connectivity index (χ0) is 18.5. The lowest BCUT2D eigenvalue weighted by atomic mass is 9.74. The van der Waals surface area contributed by atoms with Crippen LogP contribution in [0, 0.1) is 24.2 Å². The van der Waals surface area contributed by atoms with E-state index in [4.69, 9.17) is 11.2 Å². The van der Waals surface area contributed by atoms with Crippen molar-refractivity contribution in [1.82, 2.24) is 15.5 Å². The van der Waals surface area contributed by atoms with Crippen LogP contribution in [0.4, 0.5) is 0 Å². The molecule has 2 N–H and O–H groups in total. The Morgan fingerprint density at radius 2 is 2.12 bits per heavy atom. The first-order chi connectivity index (χ1) is 12.5. The number of hydrogen-bond donors (Lipinski definition) is 2. The topological polar surface area (TPSA) is 87.7 Å². The number of carbonyl (C=O) groups is 3. The van der Waals surface area contributed by atoms with Gasteiger partial charge in [0.05, 0.1) is 24.5 Å². The Hall–Kier alpha value is -2.33. The highest BCUT2D eigenvalue weighted by atomic mass is 16.5. The summed E-state index contributed by atoms with van der Waals surface area (Å²) < 4.78 is 6.10. The van der Waals surface area contributed by atoms with Crippen molar-refractivity contribution in [3.8, 4) is 12.3 Å². The van der Waals surface area contributed by atoms with E-state index < -0.39 is 29.6 Å². The largest absolute Gasteiger partial charge is 0.359 e. The second kappa shape index (κ2) is 6.13. The van der Waals surface area contributed by atoms with Crippen LogP contribution in [0.15, 0.2) is 12.2 Å². The lowest BCUT2D eigenvalue weighted by molar-refractivity contribution is -0.141. The molecule has 3 amide bonds. The van der Waals surface area contributed by atoms with Gasteiger partial charge in [-0.1, -0.05) is 30.9 Å². The van der Waals surface area contributed by atoms with Gasteiger partial charge in [0.1, 0.15) is 11.6 Å². The van der Waals surface area contributed by atoms with Gasteiger partial charge in [-0.3, -0.25) is 14.4 Å². The van der Waals surface area contributed by atoms with Crippen LogP contribution in [-0.2, 0) is 19.1 Å². The Morgan fingerprint density at radius 1 is 1.38 bits per heavy atom. The standard InChI is InChI=1S/C19H23N3O4/c1-3-10-22-15(17(24)21-11-6-4-5-7-11)19-9-8-12(26-19)13(16(23)20-2)14(19)18(22)25/h1,8-9,11-15H,4-7,10H2,2H3,(H,20,23)(H,21,24)/t12-,13-,14+,15+,19+/m1/s1. The molecule has 2 bridgehead atoms. The number of carbonyl (C=O) groups excluding carboxylic acids is 3.